The van der Waals surface area contributed by atoms with Crippen molar-refractivity contribution in [1.29, 1.82) is 0 Å². The molecule has 0 aromatic carbocycles. The standard InChI is InChI=1S/C8H15NO2/c1-5-7(10)11-6-9-8(2,3)4/h5,9H,1,6H2,2-4H3. The Morgan fingerprint density at radius 1 is 1.64 bits per heavy atom. The Labute approximate surface area is 67.4 Å². The first kappa shape index (κ1) is 10.2. The summed E-state index contributed by atoms with van der Waals surface area (Å²) in [4.78, 5) is 10.5. The van der Waals surface area contributed by atoms with E-state index in [0.717, 1.165) is 6.08 Å². The molecule has 11 heavy (non-hydrogen) atoms. The normalized spacial score (nSPS) is 10.8. The van der Waals surface area contributed by atoms with Crippen LogP contribution in [0.3, 0.4) is 0 Å². The van der Waals surface area contributed by atoms with Crippen molar-refractivity contribution in [2.75, 3.05) is 6.73 Å². The van der Waals surface area contributed by atoms with Gasteiger partial charge in [0.25, 0.3) is 0 Å². The van der Waals surface area contributed by atoms with E-state index in [1.54, 1.807) is 0 Å². The van der Waals surface area contributed by atoms with Gasteiger partial charge in [-0.2, -0.15) is 0 Å². The molecule has 0 heterocycles. The molecule has 0 rings (SSSR count). The SMILES string of the molecule is C=CC(=O)OCNC(C)(C)C. The molecule has 0 bridgehead atoms. The smallest absolute Gasteiger partial charge is 0.331 e. The lowest BCUT2D eigenvalue weighted by Gasteiger charge is -2.19. The number of esters is 1. The molecular formula is C8H15NO2. The van der Waals surface area contributed by atoms with Crippen molar-refractivity contribution in [2.45, 2.75) is 26.3 Å². The minimum absolute atomic E-state index is 0.0263. The summed E-state index contributed by atoms with van der Waals surface area (Å²) >= 11 is 0. The molecule has 0 spiro atoms. The van der Waals surface area contributed by atoms with Crippen molar-refractivity contribution in [3.8, 4) is 0 Å². The van der Waals surface area contributed by atoms with E-state index in [-0.39, 0.29) is 12.3 Å². The fourth-order valence-corrected chi connectivity index (χ4v) is 0.383. The van der Waals surface area contributed by atoms with Crippen LogP contribution in [-0.2, 0) is 9.53 Å². The first-order valence-corrected chi connectivity index (χ1v) is 3.50. The fourth-order valence-electron chi connectivity index (χ4n) is 0.383. The van der Waals surface area contributed by atoms with E-state index in [9.17, 15) is 4.79 Å². The Morgan fingerprint density at radius 3 is 2.55 bits per heavy atom. The molecule has 0 radical (unpaired) electrons. The third-order valence-corrected chi connectivity index (χ3v) is 0.984. The molecule has 0 aliphatic rings. The number of rotatable bonds is 3. The van der Waals surface area contributed by atoms with E-state index in [1.165, 1.54) is 0 Å². The monoisotopic (exact) mass is 157 g/mol. The molecule has 0 aliphatic carbocycles. The van der Waals surface area contributed by atoms with E-state index in [0.29, 0.717) is 0 Å². The van der Waals surface area contributed by atoms with Crippen LogP contribution in [0.1, 0.15) is 20.8 Å². The highest BCUT2D eigenvalue weighted by Crippen LogP contribution is 1.96. The zero-order valence-electron chi connectivity index (χ0n) is 7.31. The Bertz CT molecular complexity index is 147. The van der Waals surface area contributed by atoms with Crippen molar-refractivity contribution in [3.05, 3.63) is 12.7 Å². The minimum atomic E-state index is -0.401. The molecule has 3 heteroatoms. The summed E-state index contributed by atoms with van der Waals surface area (Å²) in [6.07, 6.45) is 1.14. The topological polar surface area (TPSA) is 38.3 Å². The predicted octanol–water partition coefficient (Wildman–Crippen LogP) is 1.06. The largest absolute Gasteiger partial charge is 0.447 e. The lowest BCUT2D eigenvalue weighted by molar-refractivity contribution is -0.138. The van der Waals surface area contributed by atoms with Gasteiger partial charge in [0.05, 0.1) is 0 Å². The van der Waals surface area contributed by atoms with Gasteiger partial charge in [-0.25, -0.2) is 4.79 Å². The van der Waals surface area contributed by atoms with E-state index in [1.807, 2.05) is 20.8 Å². The predicted molar refractivity (Wildman–Crippen MR) is 44.0 cm³/mol. The summed E-state index contributed by atoms with van der Waals surface area (Å²) in [5, 5.41) is 3.00. The Balaban J connectivity index is 3.42. The van der Waals surface area contributed by atoms with Gasteiger partial charge < -0.3 is 4.74 Å². The zero-order valence-corrected chi connectivity index (χ0v) is 7.31. The molecule has 0 saturated heterocycles. The molecule has 0 aromatic rings. The van der Waals surface area contributed by atoms with Crippen LogP contribution < -0.4 is 5.32 Å². The van der Waals surface area contributed by atoms with Gasteiger partial charge >= 0.3 is 5.97 Å². The molecule has 0 aliphatic heterocycles. The Kier molecular flexibility index (Phi) is 3.82. The van der Waals surface area contributed by atoms with Crippen LogP contribution >= 0.6 is 0 Å². The second-order valence-electron chi connectivity index (χ2n) is 3.24. The summed E-state index contributed by atoms with van der Waals surface area (Å²) in [5.74, 6) is -0.401. The number of ether oxygens (including phenoxy) is 1. The molecule has 1 N–H and O–H groups in total. The highest BCUT2D eigenvalue weighted by molar-refractivity contribution is 5.81. The molecule has 3 nitrogen and oxygen atoms in total. The van der Waals surface area contributed by atoms with Crippen LogP contribution in [-0.4, -0.2) is 18.2 Å². The molecule has 0 atom stereocenters. The van der Waals surface area contributed by atoms with Crippen LogP contribution in [0.25, 0.3) is 0 Å². The number of hydrogen-bond acceptors (Lipinski definition) is 3. The number of carbonyl (C=O) groups excluding carboxylic acids is 1. The minimum Gasteiger partial charge on any atom is -0.447 e. The lowest BCUT2D eigenvalue weighted by atomic mass is 10.1. The fraction of sp³-hybridized carbons (Fsp3) is 0.625. The molecule has 0 amide bonds. The quantitative estimate of drug-likeness (QED) is 0.378. The molecule has 0 saturated carbocycles. The van der Waals surface area contributed by atoms with Crippen LogP contribution in [0.15, 0.2) is 12.7 Å². The van der Waals surface area contributed by atoms with E-state index in [4.69, 9.17) is 4.74 Å². The summed E-state index contributed by atoms with van der Waals surface area (Å²) in [7, 11) is 0. The number of hydrogen-bond donors (Lipinski definition) is 1. The van der Waals surface area contributed by atoms with E-state index in [2.05, 4.69) is 11.9 Å². The van der Waals surface area contributed by atoms with Gasteiger partial charge in [-0.15, -0.1) is 0 Å². The van der Waals surface area contributed by atoms with Gasteiger partial charge in [0.1, 0.15) is 6.73 Å². The summed E-state index contributed by atoms with van der Waals surface area (Å²) in [6, 6.07) is 0. The average Bonchev–Trinajstić information content (AvgIpc) is 1.85. The average molecular weight is 157 g/mol. The maximum absolute atomic E-state index is 10.5. The van der Waals surface area contributed by atoms with Crippen LogP contribution in [0.2, 0.25) is 0 Å². The van der Waals surface area contributed by atoms with Crippen molar-refractivity contribution < 1.29 is 9.53 Å². The van der Waals surface area contributed by atoms with Gasteiger partial charge in [-0.3, -0.25) is 5.32 Å². The highest BCUT2D eigenvalue weighted by atomic mass is 16.5. The summed E-state index contributed by atoms with van der Waals surface area (Å²) in [6.45, 7) is 9.49. The van der Waals surface area contributed by atoms with Crippen molar-refractivity contribution in [1.82, 2.24) is 5.32 Å². The van der Waals surface area contributed by atoms with Crippen molar-refractivity contribution in [2.24, 2.45) is 0 Å². The first-order valence-electron chi connectivity index (χ1n) is 3.50. The zero-order chi connectivity index (χ0) is 8.91. The maximum Gasteiger partial charge on any atom is 0.331 e. The molecule has 0 unspecified atom stereocenters. The van der Waals surface area contributed by atoms with Gasteiger partial charge in [-0.1, -0.05) is 6.58 Å². The maximum atomic E-state index is 10.5. The summed E-state index contributed by atoms with van der Waals surface area (Å²) < 4.78 is 4.70. The Hall–Kier alpha value is -0.830. The third-order valence-electron chi connectivity index (χ3n) is 0.984. The second-order valence-corrected chi connectivity index (χ2v) is 3.24. The third kappa shape index (κ3) is 7.06. The lowest BCUT2D eigenvalue weighted by Crippen LogP contribution is -2.37. The molecular weight excluding hydrogens is 142 g/mol. The van der Waals surface area contributed by atoms with Crippen LogP contribution in [0, 0.1) is 0 Å². The van der Waals surface area contributed by atoms with Crippen molar-refractivity contribution >= 4 is 5.97 Å². The molecule has 0 aromatic heterocycles. The van der Waals surface area contributed by atoms with Gasteiger partial charge in [0.2, 0.25) is 0 Å². The molecule has 0 fully saturated rings. The van der Waals surface area contributed by atoms with E-state index < -0.39 is 5.97 Å². The van der Waals surface area contributed by atoms with Crippen LogP contribution in [0.4, 0.5) is 0 Å². The first-order chi connectivity index (χ1) is 4.95. The van der Waals surface area contributed by atoms with Crippen LogP contribution in [0.5, 0.6) is 0 Å². The number of nitrogens with one attached hydrogen (secondary N) is 1. The van der Waals surface area contributed by atoms with Crippen molar-refractivity contribution in [3.63, 3.8) is 0 Å². The van der Waals surface area contributed by atoms with Gasteiger partial charge in [0.15, 0.2) is 0 Å². The van der Waals surface area contributed by atoms with Gasteiger partial charge in [0, 0.05) is 11.6 Å². The Morgan fingerprint density at radius 2 is 2.18 bits per heavy atom. The summed E-state index contributed by atoms with van der Waals surface area (Å²) in [5.41, 5.74) is -0.0263. The van der Waals surface area contributed by atoms with E-state index >= 15 is 0 Å². The second kappa shape index (κ2) is 4.13. The molecule has 64 valence electrons. The van der Waals surface area contributed by atoms with Gasteiger partial charge in [-0.05, 0) is 20.8 Å². The number of carbonyl (C=O) groups is 1. The highest BCUT2D eigenvalue weighted by Gasteiger charge is 2.08.